The van der Waals surface area contributed by atoms with Crippen LogP contribution in [0.4, 0.5) is 0 Å². The minimum absolute atomic E-state index is 0.431. The highest BCUT2D eigenvalue weighted by Crippen LogP contribution is 2.21. The monoisotopic (exact) mass is 233 g/mol. The molecule has 1 N–H and O–H groups in total. The molecule has 0 saturated carbocycles. The van der Waals surface area contributed by atoms with Gasteiger partial charge in [0.2, 0.25) is 0 Å². The lowest BCUT2D eigenvalue weighted by molar-refractivity contribution is 0.525. The summed E-state index contributed by atoms with van der Waals surface area (Å²) in [6.07, 6.45) is 6.34. The van der Waals surface area contributed by atoms with Gasteiger partial charge in [-0.2, -0.15) is 0 Å². The lowest BCUT2D eigenvalue weighted by Crippen LogP contribution is -2.19. The molecule has 3 nitrogen and oxygen atoms in total. The lowest BCUT2D eigenvalue weighted by atomic mass is 10.2. The minimum Gasteiger partial charge on any atom is -0.305 e. The van der Waals surface area contributed by atoms with Gasteiger partial charge in [0.1, 0.15) is 6.33 Å². The average molecular weight is 233 g/mol. The second kappa shape index (κ2) is 5.72. The Labute approximate surface area is 99.6 Å². The number of rotatable bonds is 5. The van der Waals surface area contributed by atoms with E-state index in [4.69, 9.17) is 0 Å². The van der Waals surface area contributed by atoms with Crippen LogP contribution >= 0.6 is 11.3 Å². The Morgan fingerprint density at radius 1 is 1.38 bits per heavy atom. The zero-order valence-electron chi connectivity index (χ0n) is 9.26. The summed E-state index contributed by atoms with van der Waals surface area (Å²) in [5.41, 5.74) is 1.12. The van der Waals surface area contributed by atoms with Gasteiger partial charge in [-0.15, -0.1) is 11.3 Å². The van der Waals surface area contributed by atoms with Gasteiger partial charge in [-0.05, 0) is 17.9 Å². The van der Waals surface area contributed by atoms with E-state index in [0.29, 0.717) is 6.04 Å². The lowest BCUT2D eigenvalue weighted by Gasteiger charge is -2.14. The molecule has 2 aromatic heterocycles. The average Bonchev–Trinajstić information content (AvgIpc) is 2.85. The maximum Gasteiger partial charge on any atom is 0.115 e. The van der Waals surface area contributed by atoms with Crippen molar-refractivity contribution in [1.29, 1.82) is 0 Å². The van der Waals surface area contributed by atoms with Gasteiger partial charge in [0, 0.05) is 35.4 Å². The number of aromatic nitrogens is 2. The first-order chi connectivity index (χ1) is 7.90. The van der Waals surface area contributed by atoms with Crippen LogP contribution in [0, 0.1) is 0 Å². The van der Waals surface area contributed by atoms with Crippen molar-refractivity contribution in [2.75, 3.05) is 0 Å². The molecule has 16 heavy (non-hydrogen) atoms. The molecule has 0 aliphatic rings. The van der Waals surface area contributed by atoms with E-state index in [1.807, 2.05) is 12.4 Å². The Balaban J connectivity index is 1.94. The highest BCUT2D eigenvalue weighted by Gasteiger charge is 2.09. The van der Waals surface area contributed by atoms with Crippen LogP contribution in [0.15, 0.2) is 36.2 Å². The third-order valence-electron chi connectivity index (χ3n) is 2.46. The molecule has 0 fully saturated rings. The van der Waals surface area contributed by atoms with Crippen molar-refractivity contribution < 1.29 is 0 Å². The minimum atomic E-state index is 0.431. The molecule has 84 valence electrons. The van der Waals surface area contributed by atoms with Gasteiger partial charge in [-0.25, -0.2) is 9.97 Å². The first-order valence-electron chi connectivity index (χ1n) is 5.41. The van der Waals surface area contributed by atoms with Gasteiger partial charge in [0.15, 0.2) is 0 Å². The molecule has 4 heteroatoms. The number of hydrogen-bond donors (Lipinski definition) is 1. The topological polar surface area (TPSA) is 37.8 Å². The molecular weight excluding hydrogens is 218 g/mol. The van der Waals surface area contributed by atoms with Crippen LogP contribution in [0.3, 0.4) is 0 Å². The molecule has 2 aromatic rings. The molecule has 2 rings (SSSR count). The largest absolute Gasteiger partial charge is 0.305 e. The Bertz CT molecular complexity index is 399. The SMILES string of the molecule is CCC(NCc1cncnc1)c1cccs1. The van der Waals surface area contributed by atoms with Gasteiger partial charge in [0.25, 0.3) is 0 Å². The van der Waals surface area contributed by atoms with Crippen LogP contribution in [-0.2, 0) is 6.54 Å². The van der Waals surface area contributed by atoms with Crippen molar-refractivity contribution in [2.45, 2.75) is 25.9 Å². The van der Waals surface area contributed by atoms with Crippen molar-refractivity contribution in [3.63, 3.8) is 0 Å². The maximum atomic E-state index is 4.00. The third-order valence-corrected chi connectivity index (χ3v) is 3.45. The smallest absolute Gasteiger partial charge is 0.115 e. The predicted octanol–water partition coefficient (Wildman–Crippen LogP) is 2.78. The van der Waals surface area contributed by atoms with Gasteiger partial charge in [-0.1, -0.05) is 13.0 Å². The summed E-state index contributed by atoms with van der Waals surface area (Å²) in [5.74, 6) is 0. The standard InChI is InChI=1S/C12H15N3S/c1-2-11(12-4-3-5-16-12)15-8-10-6-13-9-14-7-10/h3-7,9,11,15H,2,8H2,1H3. The summed E-state index contributed by atoms with van der Waals surface area (Å²) in [6.45, 7) is 3.01. The van der Waals surface area contributed by atoms with Crippen LogP contribution in [0.1, 0.15) is 29.8 Å². The second-order valence-electron chi connectivity index (χ2n) is 3.60. The molecule has 2 heterocycles. The van der Waals surface area contributed by atoms with Gasteiger partial charge in [-0.3, -0.25) is 0 Å². The van der Waals surface area contributed by atoms with Crippen LogP contribution in [0.2, 0.25) is 0 Å². The highest BCUT2D eigenvalue weighted by atomic mass is 32.1. The summed E-state index contributed by atoms with van der Waals surface area (Å²) >= 11 is 1.80. The van der Waals surface area contributed by atoms with Gasteiger partial charge in [0.05, 0.1) is 0 Å². The van der Waals surface area contributed by atoms with E-state index in [9.17, 15) is 0 Å². The molecule has 0 spiro atoms. The normalized spacial score (nSPS) is 12.6. The van der Waals surface area contributed by atoms with Crippen LogP contribution < -0.4 is 5.32 Å². The quantitative estimate of drug-likeness (QED) is 0.863. The highest BCUT2D eigenvalue weighted by molar-refractivity contribution is 7.10. The Hall–Kier alpha value is -1.26. The van der Waals surface area contributed by atoms with E-state index in [0.717, 1.165) is 18.5 Å². The van der Waals surface area contributed by atoms with Gasteiger partial charge >= 0.3 is 0 Å². The van der Waals surface area contributed by atoms with Crippen molar-refractivity contribution in [2.24, 2.45) is 0 Å². The fourth-order valence-corrected chi connectivity index (χ4v) is 2.48. The first-order valence-corrected chi connectivity index (χ1v) is 6.28. The van der Waals surface area contributed by atoms with Crippen molar-refractivity contribution in [1.82, 2.24) is 15.3 Å². The Morgan fingerprint density at radius 2 is 2.19 bits per heavy atom. The van der Waals surface area contributed by atoms with Crippen LogP contribution in [-0.4, -0.2) is 9.97 Å². The fraction of sp³-hybridized carbons (Fsp3) is 0.333. The molecule has 0 aliphatic carbocycles. The maximum absolute atomic E-state index is 4.00. The molecule has 0 saturated heterocycles. The van der Waals surface area contributed by atoms with E-state index in [2.05, 4.69) is 39.7 Å². The summed E-state index contributed by atoms with van der Waals surface area (Å²) in [6, 6.07) is 4.70. The van der Waals surface area contributed by atoms with Crippen molar-refractivity contribution in [3.8, 4) is 0 Å². The van der Waals surface area contributed by atoms with E-state index in [1.54, 1.807) is 17.7 Å². The molecule has 0 radical (unpaired) electrons. The third kappa shape index (κ3) is 2.87. The van der Waals surface area contributed by atoms with Crippen LogP contribution in [0.25, 0.3) is 0 Å². The van der Waals surface area contributed by atoms with E-state index >= 15 is 0 Å². The zero-order chi connectivity index (χ0) is 11.2. The van der Waals surface area contributed by atoms with E-state index < -0.39 is 0 Å². The second-order valence-corrected chi connectivity index (χ2v) is 4.58. The summed E-state index contributed by atoms with van der Waals surface area (Å²) in [5, 5.41) is 5.63. The molecule has 0 aromatic carbocycles. The number of hydrogen-bond acceptors (Lipinski definition) is 4. The summed E-state index contributed by atoms with van der Waals surface area (Å²) < 4.78 is 0. The molecule has 0 amide bonds. The molecule has 0 aliphatic heterocycles. The fourth-order valence-electron chi connectivity index (χ4n) is 1.60. The molecule has 1 unspecified atom stereocenters. The predicted molar refractivity (Wildman–Crippen MR) is 66.2 cm³/mol. The van der Waals surface area contributed by atoms with Crippen LogP contribution in [0.5, 0.6) is 0 Å². The summed E-state index contributed by atoms with van der Waals surface area (Å²) in [7, 11) is 0. The zero-order valence-corrected chi connectivity index (χ0v) is 10.1. The Kier molecular flexibility index (Phi) is 4.02. The molecule has 0 bridgehead atoms. The van der Waals surface area contributed by atoms with E-state index in [-0.39, 0.29) is 0 Å². The summed E-state index contributed by atoms with van der Waals surface area (Å²) in [4.78, 5) is 9.39. The van der Waals surface area contributed by atoms with E-state index in [1.165, 1.54) is 4.88 Å². The number of nitrogens with one attached hydrogen (secondary N) is 1. The number of nitrogens with zero attached hydrogens (tertiary/aromatic N) is 2. The molecule has 1 atom stereocenters. The van der Waals surface area contributed by atoms with Crippen molar-refractivity contribution >= 4 is 11.3 Å². The van der Waals surface area contributed by atoms with Gasteiger partial charge < -0.3 is 5.32 Å². The van der Waals surface area contributed by atoms with Crippen molar-refractivity contribution in [3.05, 3.63) is 46.7 Å². The number of thiophene rings is 1. The molecular formula is C12H15N3S. The first kappa shape index (κ1) is 11.2. The Morgan fingerprint density at radius 3 is 2.81 bits per heavy atom.